The Hall–Kier alpha value is -2.49. The minimum Gasteiger partial charge on any atom is -0.493 e. The van der Waals surface area contributed by atoms with Crippen molar-refractivity contribution in [2.45, 2.75) is 13.3 Å². The van der Waals surface area contributed by atoms with Gasteiger partial charge in [0.1, 0.15) is 0 Å². The summed E-state index contributed by atoms with van der Waals surface area (Å²) in [4.78, 5) is 14.9. The quantitative estimate of drug-likeness (QED) is 0.870. The van der Waals surface area contributed by atoms with Gasteiger partial charge in [0.25, 0.3) is 5.91 Å². The second-order valence-electron chi connectivity index (χ2n) is 5.92. The Morgan fingerprint density at radius 3 is 2.57 bits per heavy atom. The highest BCUT2D eigenvalue weighted by Gasteiger charge is 2.27. The molecule has 23 heavy (non-hydrogen) atoms. The Bertz CT molecular complexity index is 726. The third kappa shape index (κ3) is 2.89. The second-order valence-corrected chi connectivity index (χ2v) is 5.92. The molecule has 0 fully saturated rings. The number of fused-ring (bicyclic) bond motifs is 1. The first-order chi connectivity index (χ1) is 11.1. The first-order valence-electron chi connectivity index (χ1n) is 7.76. The maximum absolute atomic E-state index is 13.0. The van der Waals surface area contributed by atoms with Gasteiger partial charge in [0, 0.05) is 17.8 Å². The summed E-state index contributed by atoms with van der Waals surface area (Å²) in [5.74, 6) is 1.62. The highest BCUT2D eigenvalue weighted by atomic mass is 16.5. The van der Waals surface area contributed by atoms with Crippen LogP contribution in [0.3, 0.4) is 0 Å². The van der Waals surface area contributed by atoms with Crippen LogP contribution in [0.2, 0.25) is 0 Å². The first kappa shape index (κ1) is 15.4. The van der Waals surface area contributed by atoms with Crippen molar-refractivity contribution in [3.05, 3.63) is 53.6 Å². The molecule has 0 aliphatic carbocycles. The summed E-state index contributed by atoms with van der Waals surface area (Å²) < 4.78 is 10.5. The maximum atomic E-state index is 13.0. The van der Waals surface area contributed by atoms with E-state index in [1.807, 2.05) is 23.1 Å². The molecule has 1 aliphatic heterocycles. The van der Waals surface area contributed by atoms with E-state index in [0.29, 0.717) is 23.0 Å². The van der Waals surface area contributed by atoms with Gasteiger partial charge in [-0.15, -0.1) is 0 Å². The fourth-order valence-corrected chi connectivity index (χ4v) is 3.11. The van der Waals surface area contributed by atoms with Crippen LogP contribution >= 0.6 is 0 Å². The van der Waals surface area contributed by atoms with Gasteiger partial charge in [-0.25, -0.2) is 0 Å². The Kier molecular flexibility index (Phi) is 4.24. The number of amides is 1. The lowest BCUT2D eigenvalue weighted by Gasteiger charge is -2.33. The molecule has 0 N–H and O–H groups in total. The molecule has 1 aliphatic rings. The first-order valence-corrected chi connectivity index (χ1v) is 7.76. The highest BCUT2D eigenvalue weighted by molar-refractivity contribution is 6.07. The van der Waals surface area contributed by atoms with Gasteiger partial charge in [-0.2, -0.15) is 0 Å². The number of nitrogens with zero attached hydrogens (tertiary/aromatic N) is 1. The van der Waals surface area contributed by atoms with Crippen LogP contribution in [-0.2, 0) is 6.42 Å². The van der Waals surface area contributed by atoms with E-state index >= 15 is 0 Å². The number of ether oxygens (including phenoxy) is 2. The van der Waals surface area contributed by atoms with E-state index in [1.165, 1.54) is 5.56 Å². The van der Waals surface area contributed by atoms with Crippen LogP contribution in [-0.4, -0.2) is 26.7 Å². The smallest absolute Gasteiger partial charge is 0.258 e. The fraction of sp³-hybridized carbons (Fsp3) is 0.316. The number of carbonyl (C=O) groups excluding carboxylic acids is 1. The van der Waals surface area contributed by atoms with Gasteiger partial charge < -0.3 is 14.4 Å². The van der Waals surface area contributed by atoms with Crippen LogP contribution in [0.4, 0.5) is 5.69 Å². The Morgan fingerprint density at radius 1 is 1.09 bits per heavy atom. The lowest BCUT2D eigenvalue weighted by molar-refractivity contribution is 0.0980. The predicted octanol–water partition coefficient (Wildman–Crippen LogP) is 3.54. The molecule has 0 saturated carbocycles. The van der Waals surface area contributed by atoms with Crippen molar-refractivity contribution < 1.29 is 14.3 Å². The molecule has 2 aromatic carbocycles. The second kappa shape index (κ2) is 6.32. The molecule has 1 amide bonds. The number of methoxy groups -OCH3 is 2. The van der Waals surface area contributed by atoms with Crippen molar-refractivity contribution >= 4 is 11.6 Å². The maximum Gasteiger partial charge on any atom is 0.258 e. The number of benzene rings is 2. The average molecular weight is 311 g/mol. The number of carbonyl (C=O) groups is 1. The Morgan fingerprint density at radius 2 is 1.83 bits per heavy atom. The van der Waals surface area contributed by atoms with Crippen LogP contribution in [0.15, 0.2) is 42.5 Å². The summed E-state index contributed by atoms with van der Waals surface area (Å²) >= 11 is 0. The zero-order valence-electron chi connectivity index (χ0n) is 13.7. The van der Waals surface area contributed by atoms with Gasteiger partial charge in [-0.3, -0.25) is 4.79 Å². The van der Waals surface area contributed by atoms with Crippen molar-refractivity contribution in [2.75, 3.05) is 25.7 Å². The largest absolute Gasteiger partial charge is 0.493 e. The zero-order valence-corrected chi connectivity index (χ0v) is 13.7. The third-order valence-corrected chi connectivity index (χ3v) is 4.22. The summed E-state index contributed by atoms with van der Waals surface area (Å²) in [6.45, 7) is 2.90. The monoisotopic (exact) mass is 311 g/mol. The number of anilines is 1. The number of para-hydroxylation sites is 1. The van der Waals surface area contributed by atoms with Crippen LogP contribution in [0, 0.1) is 5.92 Å². The van der Waals surface area contributed by atoms with Crippen molar-refractivity contribution in [1.82, 2.24) is 0 Å². The molecular formula is C19H21NO3. The summed E-state index contributed by atoms with van der Waals surface area (Å²) in [6.07, 6.45) is 1.01. The van der Waals surface area contributed by atoms with Gasteiger partial charge >= 0.3 is 0 Å². The van der Waals surface area contributed by atoms with E-state index in [0.717, 1.165) is 18.7 Å². The third-order valence-electron chi connectivity index (χ3n) is 4.22. The van der Waals surface area contributed by atoms with E-state index in [-0.39, 0.29) is 5.91 Å². The highest BCUT2D eigenvalue weighted by Crippen LogP contribution is 2.32. The topological polar surface area (TPSA) is 38.8 Å². The molecule has 1 heterocycles. The van der Waals surface area contributed by atoms with Crippen molar-refractivity contribution in [3.8, 4) is 11.5 Å². The van der Waals surface area contributed by atoms with Gasteiger partial charge in [0.2, 0.25) is 0 Å². The molecule has 4 heteroatoms. The number of hydrogen-bond donors (Lipinski definition) is 0. The summed E-state index contributed by atoms with van der Waals surface area (Å²) in [5.41, 5.74) is 2.83. The van der Waals surface area contributed by atoms with Gasteiger partial charge in [-0.05, 0) is 42.2 Å². The Balaban J connectivity index is 1.97. The molecular weight excluding hydrogens is 290 g/mol. The molecule has 0 radical (unpaired) electrons. The zero-order chi connectivity index (χ0) is 16.4. The van der Waals surface area contributed by atoms with Crippen LogP contribution < -0.4 is 14.4 Å². The number of hydrogen-bond acceptors (Lipinski definition) is 3. The van der Waals surface area contributed by atoms with E-state index < -0.39 is 0 Å². The molecule has 0 aromatic heterocycles. The summed E-state index contributed by atoms with van der Waals surface area (Å²) in [5, 5.41) is 0. The van der Waals surface area contributed by atoms with Crippen LogP contribution in [0.25, 0.3) is 0 Å². The minimum atomic E-state index is -0.00930. The van der Waals surface area contributed by atoms with Crippen LogP contribution in [0.5, 0.6) is 11.5 Å². The molecule has 0 spiro atoms. The molecule has 1 atom stereocenters. The van der Waals surface area contributed by atoms with Crippen LogP contribution in [0.1, 0.15) is 22.8 Å². The van der Waals surface area contributed by atoms with E-state index in [9.17, 15) is 4.79 Å². The Labute approximate surface area is 136 Å². The van der Waals surface area contributed by atoms with Crippen molar-refractivity contribution in [3.63, 3.8) is 0 Å². The molecule has 0 bridgehead atoms. The lowest BCUT2D eigenvalue weighted by atomic mass is 9.93. The van der Waals surface area contributed by atoms with E-state index in [2.05, 4.69) is 13.0 Å². The molecule has 0 saturated heterocycles. The summed E-state index contributed by atoms with van der Waals surface area (Å²) in [7, 11) is 3.16. The molecule has 4 nitrogen and oxygen atoms in total. The van der Waals surface area contributed by atoms with Crippen molar-refractivity contribution in [2.24, 2.45) is 5.92 Å². The van der Waals surface area contributed by atoms with Crippen molar-refractivity contribution in [1.29, 1.82) is 0 Å². The van der Waals surface area contributed by atoms with E-state index in [1.54, 1.807) is 32.4 Å². The standard InChI is InChI=1S/C19H21NO3/c1-13-10-14-6-4-5-7-16(14)20(12-13)19(21)15-8-9-17(22-2)18(11-15)23-3/h4-9,11,13H,10,12H2,1-3H3. The SMILES string of the molecule is COc1ccc(C(=O)N2CC(C)Cc3ccccc32)cc1OC. The minimum absolute atomic E-state index is 0.00930. The fourth-order valence-electron chi connectivity index (χ4n) is 3.11. The normalized spacial score (nSPS) is 16.7. The summed E-state index contributed by atoms with van der Waals surface area (Å²) in [6, 6.07) is 13.4. The molecule has 2 aromatic rings. The lowest BCUT2D eigenvalue weighted by Crippen LogP contribution is -2.39. The molecule has 3 rings (SSSR count). The average Bonchev–Trinajstić information content (AvgIpc) is 2.59. The molecule has 120 valence electrons. The van der Waals surface area contributed by atoms with E-state index in [4.69, 9.17) is 9.47 Å². The predicted molar refractivity (Wildman–Crippen MR) is 90.5 cm³/mol. The van der Waals surface area contributed by atoms with Gasteiger partial charge in [-0.1, -0.05) is 25.1 Å². The van der Waals surface area contributed by atoms with Gasteiger partial charge in [0.15, 0.2) is 11.5 Å². The molecule has 1 unspecified atom stereocenters. The number of rotatable bonds is 3. The van der Waals surface area contributed by atoms with Gasteiger partial charge in [0.05, 0.1) is 14.2 Å².